The van der Waals surface area contributed by atoms with Gasteiger partial charge in [0.25, 0.3) is 0 Å². The molecule has 1 radical (unpaired) electrons. The molecule has 0 amide bonds. The van der Waals surface area contributed by atoms with Crippen molar-refractivity contribution in [3.63, 3.8) is 0 Å². The molecule has 0 aliphatic carbocycles. The average molecular weight is 199 g/mol. The van der Waals surface area contributed by atoms with Gasteiger partial charge in [-0.15, -0.1) is 0 Å². The summed E-state index contributed by atoms with van der Waals surface area (Å²) in [5.41, 5.74) is 0. The van der Waals surface area contributed by atoms with E-state index >= 15 is 0 Å². The largest absolute Gasteiger partial charge is 0.378 e. The van der Waals surface area contributed by atoms with Crippen LogP contribution in [0.1, 0.15) is 65.7 Å². The molecule has 1 atom stereocenters. The summed E-state index contributed by atoms with van der Waals surface area (Å²) < 4.78 is 5.76. The highest BCUT2D eigenvalue weighted by atomic mass is 16.5. The Balaban J connectivity index is 3.28. The molecule has 0 saturated heterocycles. The molecule has 0 aliphatic rings. The lowest BCUT2D eigenvalue weighted by molar-refractivity contribution is 0.0653. The number of hydrogen-bond donors (Lipinski definition) is 0. The van der Waals surface area contributed by atoms with Crippen molar-refractivity contribution in [1.29, 1.82) is 0 Å². The molecule has 0 aromatic heterocycles. The van der Waals surface area contributed by atoms with Gasteiger partial charge in [-0.25, -0.2) is 0 Å². The fourth-order valence-corrected chi connectivity index (χ4v) is 1.50. The number of unbranched alkanes of at least 4 members (excludes halogenated alkanes) is 4. The van der Waals surface area contributed by atoms with Gasteiger partial charge in [0.05, 0.1) is 6.10 Å². The van der Waals surface area contributed by atoms with E-state index in [-0.39, 0.29) is 0 Å². The van der Waals surface area contributed by atoms with Crippen LogP contribution in [0.4, 0.5) is 0 Å². The van der Waals surface area contributed by atoms with Crippen molar-refractivity contribution < 1.29 is 4.74 Å². The average Bonchev–Trinajstić information content (AvgIpc) is 2.22. The van der Waals surface area contributed by atoms with Crippen LogP contribution in [-0.4, -0.2) is 12.7 Å². The molecule has 0 N–H and O–H groups in total. The molecule has 1 unspecified atom stereocenters. The minimum atomic E-state index is 0.401. The maximum atomic E-state index is 5.76. The molecule has 0 aromatic carbocycles. The van der Waals surface area contributed by atoms with Gasteiger partial charge in [0.1, 0.15) is 0 Å². The summed E-state index contributed by atoms with van der Waals surface area (Å²) in [5.74, 6) is 0. The van der Waals surface area contributed by atoms with Crippen molar-refractivity contribution in [1.82, 2.24) is 0 Å². The summed E-state index contributed by atoms with van der Waals surface area (Å²) in [6.07, 6.45) is 11.6. The first-order chi connectivity index (χ1) is 6.85. The summed E-state index contributed by atoms with van der Waals surface area (Å²) in [6, 6.07) is 0. The maximum Gasteiger partial charge on any atom is 0.0604 e. The molecule has 1 heteroatoms. The number of ether oxygens (including phenoxy) is 1. The van der Waals surface area contributed by atoms with E-state index in [4.69, 9.17) is 4.74 Å². The zero-order valence-electron chi connectivity index (χ0n) is 10.2. The van der Waals surface area contributed by atoms with Gasteiger partial charge >= 0.3 is 0 Å². The van der Waals surface area contributed by atoms with Gasteiger partial charge in [0.2, 0.25) is 0 Å². The van der Waals surface area contributed by atoms with Crippen LogP contribution in [0.25, 0.3) is 0 Å². The number of rotatable bonds is 10. The minimum absolute atomic E-state index is 0.401. The molecule has 0 aliphatic heterocycles. The van der Waals surface area contributed by atoms with Gasteiger partial charge in [-0.3, -0.25) is 0 Å². The van der Waals surface area contributed by atoms with E-state index in [1.807, 2.05) is 0 Å². The Bertz CT molecular complexity index is 101. The summed E-state index contributed by atoms with van der Waals surface area (Å²) in [5, 5.41) is 0. The van der Waals surface area contributed by atoms with Crippen molar-refractivity contribution in [2.24, 2.45) is 0 Å². The molecule has 0 aromatic rings. The van der Waals surface area contributed by atoms with Gasteiger partial charge in [-0.2, -0.15) is 0 Å². The van der Waals surface area contributed by atoms with E-state index in [9.17, 15) is 0 Å². The molecule has 0 heterocycles. The van der Waals surface area contributed by atoms with Crippen molar-refractivity contribution in [2.75, 3.05) is 6.61 Å². The molecule has 0 fully saturated rings. The first-order valence-electron chi connectivity index (χ1n) is 6.26. The first-order valence-corrected chi connectivity index (χ1v) is 6.26. The van der Waals surface area contributed by atoms with Crippen LogP contribution in [0.2, 0.25) is 0 Å². The van der Waals surface area contributed by atoms with Crippen molar-refractivity contribution in [2.45, 2.75) is 71.8 Å². The molecule has 85 valence electrons. The highest BCUT2D eigenvalue weighted by Crippen LogP contribution is 2.10. The Hall–Kier alpha value is -0.0400. The number of hydrogen-bond acceptors (Lipinski definition) is 1. The topological polar surface area (TPSA) is 9.23 Å². The van der Waals surface area contributed by atoms with Crippen molar-refractivity contribution in [3.05, 3.63) is 6.42 Å². The Labute approximate surface area is 90.2 Å². The fraction of sp³-hybridized carbons (Fsp3) is 0.923. The third-order valence-electron chi connectivity index (χ3n) is 2.54. The lowest BCUT2D eigenvalue weighted by Gasteiger charge is -2.15. The Kier molecular flexibility index (Phi) is 11.0. The Morgan fingerprint density at radius 3 is 2.29 bits per heavy atom. The second-order valence-corrected chi connectivity index (χ2v) is 3.95. The van der Waals surface area contributed by atoms with Gasteiger partial charge in [-0.05, 0) is 19.3 Å². The summed E-state index contributed by atoms with van der Waals surface area (Å²) in [7, 11) is 0. The van der Waals surface area contributed by atoms with Crippen molar-refractivity contribution >= 4 is 0 Å². The zero-order chi connectivity index (χ0) is 10.6. The molecule has 1 nitrogen and oxygen atoms in total. The lowest BCUT2D eigenvalue weighted by Crippen LogP contribution is -2.13. The van der Waals surface area contributed by atoms with Crippen LogP contribution in [0.3, 0.4) is 0 Å². The van der Waals surface area contributed by atoms with Crippen LogP contribution in [0.15, 0.2) is 0 Å². The second-order valence-electron chi connectivity index (χ2n) is 3.95. The highest BCUT2D eigenvalue weighted by Gasteiger charge is 2.05. The van der Waals surface area contributed by atoms with Crippen LogP contribution in [0.5, 0.6) is 0 Å². The third-order valence-corrected chi connectivity index (χ3v) is 2.54. The standard InChI is InChI=1S/C13H27O/c1-4-7-9-10-11-13(6-3)14-12-8-5-2/h6,13H,4-5,7-12H2,1-3H3. The molecule has 0 bridgehead atoms. The van der Waals surface area contributed by atoms with Crippen molar-refractivity contribution in [3.8, 4) is 0 Å². The fourth-order valence-electron chi connectivity index (χ4n) is 1.50. The van der Waals surface area contributed by atoms with Crippen LogP contribution in [-0.2, 0) is 4.74 Å². The van der Waals surface area contributed by atoms with Crippen LogP contribution >= 0.6 is 0 Å². The summed E-state index contributed by atoms with van der Waals surface area (Å²) in [4.78, 5) is 0. The van der Waals surface area contributed by atoms with Gasteiger partial charge < -0.3 is 4.74 Å². The van der Waals surface area contributed by atoms with E-state index in [0.717, 1.165) is 6.61 Å². The highest BCUT2D eigenvalue weighted by molar-refractivity contribution is 4.71. The van der Waals surface area contributed by atoms with Gasteiger partial charge in [-0.1, -0.05) is 52.9 Å². The van der Waals surface area contributed by atoms with Crippen LogP contribution < -0.4 is 0 Å². The molecular weight excluding hydrogens is 172 g/mol. The van der Waals surface area contributed by atoms with E-state index in [0.29, 0.717) is 6.10 Å². The summed E-state index contributed by atoms with van der Waals surface area (Å²) in [6.45, 7) is 7.49. The lowest BCUT2D eigenvalue weighted by atomic mass is 10.1. The molecule has 0 rings (SSSR count). The second kappa shape index (κ2) is 11.0. The van der Waals surface area contributed by atoms with E-state index < -0.39 is 0 Å². The predicted molar refractivity (Wildman–Crippen MR) is 63.4 cm³/mol. The maximum absolute atomic E-state index is 5.76. The molecule has 0 spiro atoms. The van der Waals surface area contributed by atoms with E-state index in [1.54, 1.807) is 0 Å². The zero-order valence-corrected chi connectivity index (χ0v) is 10.2. The minimum Gasteiger partial charge on any atom is -0.378 e. The first kappa shape index (κ1) is 14.0. The van der Waals surface area contributed by atoms with E-state index in [1.165, 1.54) is 44.9 Å². The quantitative estimate of drug-likeness (QED) is 0.475. The normalized spacial score (nSPS) is 13.1. The smallest absolute Gasteiger partial charge is 0.0604 e. The van der Waals surface area contributed by atoms with E-state index in [2.05, 4.69) is 27.2 Å². The molecular formula is C13H27O. The van der Waals surface area contributed by atoms with Gasteiger partial charge in [0, 0.05) is 6.61 Å². The predicted octanol–water partition coefficient (Wildman–Crippen LogP) is 4.37. The van der Waals surface area contributed by atoms with Gasteiger partial charge in [0.15, 0.2) is 0 Å². The summed E-state index contributed by atoms with van der Waals surface area (Å²) >= 11 is 0. The SMILES string of the molecule is C[CH]C(CCCCCC)OCCCC. The third kappa shape index (κ3) is 8.55. The molecule has 14 heavy (non-hydrogen) atoms. The Morgan fingerprint density at radius 1 is 1.00 bits per heavy atom. The Morgan fingerprint density at radius 2 is 1.71 bits per heavy atom. The molecule has 0 saturated carbocycles. The monoisotopic (exact) mass is 199 g/mol. The van der Waals surface area contributed by atoms with Crippen LogP contribution in [0, 0.1) is 6.42 Å².